The number of nitrogens with zero attached hydrogens (tertiary/aromatic N) is 2. The molecule has 2 fully saturated rings. The first-order chi connectivity index (χ1) is 16.2. The van der Waals surface area contributed by atoms with E-state index in [4.69, 9.17) is 18.9 Å². The molecule has 1 spiro atoms. The van der Waals surface area contributed by atoms with Crippen molar-refractivity contribution in [3.05, 3.63) is 67.8 Å². The van der Waals surface area contributed by atoms with Gasteiger partial charge in [-0.15, -0.1) is 0 Å². The zero-order valence-electron chi connectivity index (χ0n) is 17.8. The molecular weight excluding hydrogens is 452 g/mol. The maximum absolute atomic E-state index is 12.5. The van der Waals surface area contributed by atoms with Crippen LogP contribution in [0, 0.1) is 20.2 Å². The van der Waals surface area contributed by atoms with Crippen LogP contribution in [0.2, 0.25) is 0 Å². The van der Waals surface area contributed by atoms with Crippen LogP contribution in [0.3, 0.4) is 0 Å². The van der Waals surface area contributed by atoms with Gasteiger partial charge in [-0.3, -0.25) is 20.2 Å². The average Bonchev–Trinajstić information content (AvgIpc) is 3.24. The van der Waals surface area contributed by atoms with E-state index in [0.717, 1.165) is 31.0 Å². The lowest BCUT2D eigenvalue weighted by atomic mass is 10.1. The summed E-state index contributed by atoms with van der Waals surface area (Å²) in [5.74, 6) is -2.77. The molecule has 4 rings (SSSR count). The summed E-state index contributed by atoms with van der Waals surface area (Å²) in [5, 5.41) is 22.3. The molecule has 34 heavy (non-hydrogen) atoms. The van der Waals surface area contributed by atoms with E-state index in [2.05, 4.69) is 0 Å². The molecule has 1 heterocycles. The summed E-state index contributed by atoms with van der Waals surface area (Å²) >= 11 is 0. The zero-order chi connectivity index (χ0) is 24.5. The number of carbonyl (C=O) groups is 2. The normalized spacial score (nSPS) is 16.6. The zero-order valence-corrected chi connectivity index (χ0v) is 17.8. The number of hydrogen-bond acceptors (Lipinski definition) is 10. The number of benzene rings is 2. The lowest BCUT2D eigenvalue weighted by Gasteiger charge is -2.32. The number of nitro benzene ring substituents is 2. The number of esters is 2. The minimum atomic E-state index is -1.18. The molecule has 0 amide bonds. The molecule has 0 N–H and O–H groups in total. The summed E-state index contributed by atoms with van der Waals surface area (Å²) < 4.78 is 21.6. The highest BCUT2D eigenvalue weighted by Gasteiger charge is 2.47. The maximum atomic E-state index is 12.5. The van der Waals surface area contributed by atoms with Crippen molar-refractivity contribution >= 4 is 29.4 Å². The molecule has 0 atom stereocenters. The van der Waals surface area contributed by atoms with Crippen molar-refractivity contribution in [2.45, 2.75) is 31.5 Å². The summed E-state index contributed by atoms with van der Waals surface area (Å²) in [5.41, 5.74) is -0.956. The van der Waals surface area contributed by atoms with Crippen molar-refractivity contribution in [3.8, 4) is 17.2 Å². The maximum Gasteiger partial charge on any atom is 0.348 e. The molecule has 2 aliphatic rings. The third-order valence-corrected chi connectivity index (χ3v) is 5.43. The summed E-state index contributed by atoms with van der Waals surface area (Å²) in [6.07, 6.45) is 3.81. The molecule has 176 valence electrons. The van der Waals surface area contributed by atoms with E-state index in [1.54, 1.807) is 0 Å². The molecule has 12 nitrogen and oxygen atoms in total. The predicted octanol–water partition coefficient (Wildman–Crippen LogP) is 4.06. The average molecular weight is 470 g/mol. The largest absolute Gasteiger partial charge is 0.493 e. The van der Waals surface area contributed by atoms with Gasteiger partial charge in [-0.05, 0) is 42.7 Å². The van der Waals surface area contributed by atoms with Gasteiger partial charge in [0.1, 0.15) is 5.57 Å². The third-order valence-electron chi connectivity index (χ3n) is 5.43. The van der Waals surface area contributed by atoms with Crippen LogP contribution in [0.1, 0.15) is 31.2 Å². The van der Waals surface area contributed by atoms with Crippen LogP contribution in [0.25, 0.3) is 6.08 Å². The highest BCUT2D eigenvalue weighted by Crippen LogP contribution is 2.40. The summed E-state index contributed by atoms with van der Waals surface area (Å²) in [6.45, 7) is 0. The first-order valence-corrected chi connectivity index (χ1v) is 10.2. The van der Waals surface area contributed by atoms with Crippen molar-refractivity contribution in [3.63, 3.8) is 0 Å². The fourth-order valence-electron chi connectivity index (χ4n) is 3.78. The van der Waals surface area contributed by atoms with E-state index >= 15 is 0 Å². The van der Waals surface area contributed by atoms with Crippen LogP contribution < -0.4 is 9.47 Å². The van der Waals surface area contributed by atoms with Crippen molar-refractivity contribution < 1.29 is 38.4 Å². The van der Waals surface area contributed by atoms with Crippen LogP contribution in [-0.4, -0.2) is 34.7 Å². The Bertz CT molecular complexity index is 1210. The van der Waals surface area contributed by atoms with E-state index in [9.17, 15) is 29.8 Å². The number of nitro groups is 2. The third kappa shape index (κ3) is 4.37. The molecule has 1 aliphatic carbocycles. The lowest BCUT2D eigenvalue weighted by Crippen LogP contribution is -2.44. The second kappa shape index (κ2) is 8.81. The predicted molar refractivity (Wildman–Crippen MR) is 114 cm³/mol. The highest BCUT2D eigenvalue weighted by atomic mass is 16.7. The molecule has 0 bridgehead atoms. The van der Waals surface area contributed by atoms with Crippen molar-refractivity contribution in [1.82, 2.24) is 0 Å². The minimum Gasteiger partial charge on any atom is -0.493 e. The molecule has 0 unspecified atom stereocenters. The van der Waals surface area contributed by atoms with E-state index in [0.29, 0.717) is 18.4 Å². The monoisotopic (exact) mass is 470 g/mol. The summed E-state index contributed by atoms with van der Waals surface area (Å²) in [7, 11) is 1.33. The number of rotatable bonds is 6. The van der Waals surface area contributed by atoms with Crippen molar-refractivity contribution in [2.24, 2.45) is 0 Å². The van der Waals surface area contributed by atoms with Gasteiger partial charge in [0.2, 0.25) is 5.75 Å². The molecule has 1 aliphatic heterocycles. The van der Waals surface area contributed by atoms with Crippen molar-refractivity contribution in [1.29, 1.82) is 0 Å². The topological polar surface area (TPSA) is 157 Å². The number of non-ortho nitro benzene ring substituents is 1. The molecule has 2 aromatic carbocycles. The Morgan fingerprint density at radius 3 is 2.15 bits per heavy atom. The van der Waals surface area contributed by atoms with Crippen LogP contribution >= 0.6 is 0 Å². The Kier molecular flexibility index (Phi) is 5.88. The van der Waals surface area contributed by atoms with Crippen LogP contribution in [0.5, 0.6) is 17.2 Å². The van der Waals surface area contributed by atoms with E-state index in [-0.39, 0.29) is 22.8 Å². The molecule has 2 aromatic rings. The molecule has 1 saturated carbocycles. The van der Waals surface area contributed by atoms with Gasteiger partial charge in [0.25, 0.3) is 11.5 Å². The Labute approximate surface area is 192 Å². The molecule has 1 saturated heterocycles. The van der Waals surface area contributed by atoms with Gasteiger partial charge in [-0.1, -0.05) is 6.07 Å². The number of hydrogen-bond donors (Lipinski definition) is 0. The number of carbonyl (C=O) groups excluding carboxylic acids is 2. The van der Waals surface area contributed by atoms with E-state index < -0.39 is 38.9 Å². The highest BCUT2D eigenvalue weighted by molar-refractivity contribution is 6.18. The van der Waals surface area contributed by atoms with Crippen LogP contribution in [-0.2, 0) is 19.1 Å². The number of methoxy groups -OCH3 is 1. The van der Waals surface area contributed by atoms with Crippen molar-refractivity contribution in [2.75, 3.05) is 7.11 Å². The Morgan fingerprint density at radius 2 is 1.56 bits per heavy atom. The van der Waals surface area contributed by atoms with E-state index in [1.165, 1.54) is 31.4 Å². The SMILES string of the molecule is COc1cc(C=C2C(=O)OC3(CCCC3)OC2=O)ccc1Oc1ccc([N+](=O)[O-])cc1[N+](=O)[O-]. The van der Waals surface area contributed by atoms with Gasteiger partial charge in [0.05, 0.1) is 23.0 Å². The Morgan fingerprint density at radius 1 is 0.912 bits per heavy atom. The van der Waals surface area contributed by atoms with Gasteiger partial charge in [-0.2, -0.15) is 0 Å². The Balaban J connectivity index is 1.61. The minimum absolute atomic E-state index is 0.0697. The summed E-state index contributed by atoms with van der Waals surface area (Å²) in [4.78, 5) is 45.6. The second-order valence-electron chi connectivity index (χ2n) is 7.63. The first-order valence-electron chi connectivity index (χ1n) is 10.2. The second-order valence-corrected chi connectivity index (χ2v) is 7.63. The van der Waals surface area contributed by atoms with Gasteiger partial charge in [0.15, 0.2) is 11.5 Å². The van der Waals surface area contributed by atoms with Crippen LogP contribution in [0.4, 0.5) is 11.4 Å². The lowest BCUT2D eigenvalue weighted by molar-refractivity contribution is -0.394. The molecular formula is C22H18N2O10. The fraction of sp³-hybridized carbons (Fsp3) is 0.273. The molecule has 0 aromatic heterocycles. The van der Waals surface area contributed by atoms with Gasteiger partial charge in [0, 0.05) is 18.9 Å². The van der Waals surface area contributed by atoms with Gasteiger partial charge in [-0.25, -0.2) is 9.59 Å². The number of ether oxygens (including phenoxy) is 4. The fourth-order valence-corrected chi connectivity index (χ4v) is 3.78. The first kappa shape index (κ1) is 22.7. The van der Waals surface area contributed by atoms with E-state index in [1.807, 2.05) is 0 Å². The van der Waals surface area contributed by atoms with Gasteiger partial charge >= 0.3 is 17.6 Å². The van der Waals surface area contributed by atoms with Crippen LogP contribution in [0.15, 0.2) is 42.0 Å². The Hall–Kier alpha value is -4.48. The summed E-state index contributed by atoms with van der Waals surface area (Å²) in [6, 6.07) is 7.32. The molecule has 0 radical (unpaired) electrons. The molecule has 12 heteroatoms. The standard InChI is InChI=1S/C22H18N2O10/c1-31-19-11-13(10-15-20(25)33-22(34-21(15)26)8-2-3-9-22)4-6-18(19)32-17-7-5-14(23(27)28)12-16(17)24(29)30/h4-7,10-12H,2-3,8-9H2,1H3. The quantitative estimate of drug-likeness (QED) is 0.198. The van der Waals surface area contributed by atoms with Gasteiger partial charge < -0.3 is 18.9 Å². The smallest absolute Gasteiger partial charge is 0.348 e.